The number of nitro benzene ring substituents is 1. The van der Waals surface area contributed by atoms with Crippen LogP contribution in [0.25, 0.3) is 0 Å². The van der Waals surface area contributed by atoms with Crippen molar-refractivity contribution in [3.05, 3.63) is 32.5 Å². The number of amides is 1. The molecule has 0 spiro atoms. The molecule has 8 heteroatoms. The minimum Gasteiger partial charge on any atom is -0.362 e. The van der Waals surface area contributed by atoms with Gasteiger partial charge in [0, 0.05) is 36.1 Å². The predicted molar refractivity (Wildman–Crippen MR) is 89.0 cm³/mol. The molecule has 0 aliphatic carbocycles. The van der Waals surface area contributed by atoms with Gasteiger partial charge in [0.25, 0.3) is 0 Å². The predicted octanol–water partition coefficient (Wildman–Crippen LogP) is 3.19. The summed E-state index contributed by atoms with van der Waals surface area (Å²) in [5.41, 5.74) is -0.283. The number of rotatable bonds is 3. The highest BCUT2D eigenvalue weighted by atomic mass is 79.9. The molecule has 6 nitrogen and oxygen atoms in total. The van der Waals surface area contributed by atoms with E-state index in [9.17, 15) is 19.3 Å². The van der Waals surface area contributed by atoms with Gasteiger partial charge in [0.15, 0.2) is 0 Å². The lowest BCUT2D eigenvalue weighted by Gasteiger charge is -2.41. The van der Waals surface area contributed by atoms with Crippen molar-refractivity contribution >= 4 is 33.2 Å². The number of anilines is 1. The normalized spacial score (nSPS) is 18.4. The molecule has 126 valence electrons. The summed E-state index contributed by atoms with van der Waals surface area (Å²) < 4.78 is 14.4. The van der Waals surface area contributed by atoms with Crippen LogP contribution in [0.2, 0.25) is 0 Å². The number of piperazine rings is 1. The van der Waals surface area contributed by atoms with Crippen molar-refractivity contribution in [2.45, 2.75) is 26.8 Å². The molecule has 1 aromatic rings. The largest absolute Gasteiger partial charge is 0.362 e. The Kier molecular flexibility index (Phi) is 5.23. The number of halogens is 2. The molecule has 1 aliphatic rings. The molecule has 0 saturated carbocycles. The van der Waals surface area contributed by atoms with Gasteiger partial charge in [-0.05, 0) is 19.1 Å². The van der Waals surface area contributed by atoms with E-state index in [1.807, 2.05) is 20.8 Å². The summed E-state index contributed by atoms with van der Waals surface area (Å²) in [5, 5.41) is 11.2. The minimum absolute atomic E-state index is 0.0621. The second-order valence-electron chi connectivity index (χ2n) is 5.99. The third kappa shape index (κ3) is 3.63. The molecule has 23 heavy (non-hydrogen) atoms. The van der Waals surface area contributed by atoms with Crippen LogP contribution in [0, 0.1) is 21.8 Å². The number of carbonyl (C=O) groups excluding carboxylic acids is 1. The van der Waals surface area contributed by atoms with Crippen LogP contribution in [-0.4, -0.2) is 41.4 Å². The third-order valence-corrected chi connectivity index (χ3v) is 4.39. The molecule has 1 aromatic carbocycles. The van der Waals surface area contributed by atoms with Crippen LogP contribution >= 0.6 is 15.9 Å². The number of hydrogen-bond acceptors (Lipinski definition) is 4. The Morgan fingerprint density at radius 2 is 2.09 bits per heavy atom. The SMILES string of the molecule is CC(C)C(=O)N1CCN(c2cc(Br)cc(F)c2[N+](=O)[O-])C[C@H]1C. The summed E-state index contributed by atoms with van der Waals surface area (Å²) in [6.45, 7) is 6.90. The van der Waals surface area contributed by atoms with Gasteiger partial charge in [0.05, 0.1) is 4.92 Å². The Morgan fingerprint density at radius 1 is 1.43 bits per heavy atom. The second kappa shape index (κ2) is 6.82. The molecule has 2 rings (SSSR count). The maximum atomic E-state index is 14.0. The van der Waals surface area contributed by atoms with Crippen molar-refractivity contribution in [3.8, 4) is 0 Å². The summed E-state index contributed by atoms with van der Waals surface area (Å²) in [7, 11) is 0. The van der Waals surface area contributed by atoms with Crippen molar-refractivity contribution in [3.63, 3.8) is 0 Å². The van der Waals surface area contributed by atoms with Gasteiger partial charge in [0.1, 0.15) is 5.69 Å². The summed E-state index contributed by atoms with van der Waals surface area (Å²) in [6.07, 6.45) is 0. The first-order chi connectivity index (χ1) is 10.7. The van der Waals surface area contributed by atoms with Crippen molar-refractivity contribution in [2.75, 3.05) is 24.5 Å². The highest BCUT2D eigenvalue weighted by Gasteiger charge is 2.32. The molecule has 0 bridgehead atoms. The van der Waals surface area contributed by atoms with Gasteiger partial charge in [0.2, 0.25) is 11.7 Å². The van der Waals surface area contributed by atoms with Gasteiger partial charge >= 0.3 is 5.69 Å². The molecule has 0 N–H and O–H groups in total. The van der Waals surface area contributed by atoms with Crippen LogP contribution in [0.4, 0.5) is 15.8 Å². The van der Waals surface area contributed by atoms with Crippen LogP contribution < -0.4 is 4.90 Å². The molecule has 1 atom stereocenters. The van der Waals surface area contributed by atoms with Crippen molar-refractivity contribution in [1.29, 1.82) is 0 Å². The topological polar surface area (TPSA) is 66.7 Å². The summed E-state index contributed by atoms with van der Waals surface area (Å²) >= 11 is 3.18. The number of hydrogen-bond donors (Lipinski definition) is 0. The lowest BCUT2D eigenvalue weighted by Crippen LogP contribution is -2.55. The second-order valence-corrected chi connectivity index (χ2v) is 6.91. The molecular formula is C15H19BrFN3O3. The molecule has 0 radical (unpaired) electrons. The van der Waals surface area contributed by atoms with E-state index in [1.54, 1.807) is 15.9 Å². The highest BCUT2D eigenvalue weighted by molar-refractivity contribution is 9.10. The lowest BCUT2D eigenvalue weighted by atomic mass is 10.1. The van der Waals surface area contributed by atoms with Gasteiger partial charge in [-0.2, -0.15) is 4.39 Å². The van der Waals surface area contributed by atoms with Gasteiger partial charge in [-0.15, -0.1) is 0 Å². The van der Waals surface area contributed by atoms with Crippen LogP contribution in [-0.2, 0) is 4.79 Å². The first kappa shape index (κ1) is 17.7. The Labute approximate surface area is 142 Å². The zero-order chi connectivity index (χ0) is 17.3. The van der Waals surface area contributed by atoms with Crippen LogP contribution in [0.1, 0.15) is 20.8 Å². The Hall–Kier alpha value is -1.70. The summed E-state index contributed by atoms with van der Waals surface area (Å²) in [6, 6.07) is 2.54. The molecular weight excluding hydrogens is 369 g/mol. The smallest absolute Gasteiger partial charge is 0.327 e. The maximum Gasteiger partial charge on any atom is 0.327 e. The van der Waals surface area contributed by atoms with Crippen molar-refractivity contribution in [2.24, 2.45) is 5.92 Å². The van der Waals surface area contributed by atoms with E-state index >= 15 is 0 Å². The third-order valence-electron chi connectivity index (χ3n) is 3.94. The molecule has 1 saturated heterocycles. The average Bonchev–Trinajstić information content (AvgIpc) is 2.44. The number of nitrogens with zero attached hydrogens (tertiary/aromatic N) is 3. The standard InChI is InChI=1S/C15H19BrFN3O3/c1-9(2)15(21)19-5-4-18(8-10(19)3)13-7-11(16)6-12(17)14(13)20(22)23/h6-7,9-10H,4-5,8H2,1-3H3/t10-/m1/s1. The Morgan fingerprint density at radius 3 is 2.61 bits per heavy atom. The zero-order valence-corrected chi connectivity index (χ0v) is 14.8. The van der Waals surface area contributed by atoms with Gasteiger partial charge < -0.3 is 9.80 Å². The fourth-order valence-corrected chi connectivity index (χ4v) is 3.23. The Bertz CT molecular complexity index is 639. The van der Waals surface area contributed by atoms with Crippen LogP contribution in [0.5, 0.6) is 0 Å². The van der Waals surface area contributed by atoms with E-state index in [-0.39, 0.29) is 23.6 Å². The fraction of sp³-hybridized carbons (Fsp3) is 0.533. The van der Waals surface area contributed by atoms with E-state index in [2.05, 4.69) is 15.9 Å². The maximum absolute atomic E-state index is 14.0. The van der Waals surface area contributed by atoms with Crippen LogP contribution in [0.3, 0.4) is 0 Å². The first-order valence-corrected chi connectivity index (χ1v) is 8.20. The van der Waals surface area contributed by atoms with Gasteiger partial charge in [-0.3, -0.25) is 14.9 Å². The van der Waals surface area contributed by atoms with Crippen molar-refractivity contribution < 1.29 is 14.1 Å². The molecule has 1 fully saturated rings. The van der Waals surface area contributed by atoms with E-state index in [1.165, 1.54) is 0 Å². The zero-order valence-electron chi connectivity index (χ0n) is 13.3. The van der Waals surface area contributed by atoms with E-state index in [0.717, 1.165) is 6.07 Å². The average molecular weight is 388 g/mol. The van der Waals surface area contributed by atoms with Crippen molar-refractivity contribution in [1.82, 2.24) is 4.90 Å². The minimum atomic E-state index is -0.868. The molecule has 1 heterocycles. The fourth-order valence-electron chi connectivity index (χ4n) is 2.81. The highest BCUT2D eigenvalue weighted by Crippen LogP contribution is 2.35. The lowest BCUT2D eigenvalue weighted by molar-refractivity contribution is -0.386. The number of benzene rings is 1. The van der Waals surface area contributed by atoms with Crippen LogP contribution in [0.15, 0.2) is 16.6 Å². The number of carbonyl (C=O) groups is 1. The molecule has 1 aliphatic heterocycles. The monoisotopic (exact) mass is 387 g/mol. The summed E-state index contributed by atoms with van der Waals surface area (Å²) in [4.78, 5) is 26.2. The quantitative estimate of drug-likeness (QED) is 0.589. The van der Waals surface area contributed by atoms with E-state index in [4.69, 9.17) is 0 Å². The number of nitro groups is 1. The Balaban J connectivity index is 2.29. The van der Waals surface area contributed by atoms with Gasteiger partial charge in [-0.1, -0.05) is 29.8 Å². The van der Waals surface area contributed by atoms with Gasteiger partial charge in [-0.25, -0.2) is 0 Å². The molecule has 0 aromatic heterocycles. The summed E-state index contributed by atoms with van der Waals surface area (Å²) in [5.74, 6) is -0.901. The first-order valence-electron chi connectivity index (χ1n) is 7.41. The van der Waals surface area contributed by atoms with E-state index in [0.29, 0.717) is 24.1 Å². The molecule has 1 amide bonds. The van der Waals surface area contributed by atoms with E-state index < -0.39 is 16.4 Å². The molecule has 0 unspecified atom stereocenters.